The van der Waals surface area contributed by atoms with Crippen molar-refractivity contribution < 1.29 is 4.74 Å². The third kappa shape index (κ3) is 3.86. The Morgan fingerprint density at radius 1 is 1.25 bits per heavy atom. The predicted molar refractivity (Wildman–Crippen MR) is 66.6 cm³/mol. The lowest BCUT2D eigenvalue weighted by molar-refractivity contribution is 0.242. The van der Waals surface area contributed by atoms with Gasteiger partial charge < -0.3 is 10.1 Å². The van der Waals surface area contributed by atoms with Crippen molar-refractivity contribution in [1.29, 1.82) is 0 Å². The normalized spacial score (nSPS) is 15.4. The van der Waals surface area contributed by atoms with Crippen molar-refractivity contribution >= 4 is 0 Å². The van der Waals surface area contributed by atoms with Crippen LogP contribution in [0.4, 0.5) is 0 Å². The summed E-state index contributed by atoms with van der Waals surface area (Å²) in [7, 11) is 0. The molecule has 1 aliphatic rings. The van der Waals surface area contributed by atoms with Gasteiger partial charge in [0.25, 0.3) is 0 Å². The number of ether oxygens (including phenoxy) is 1. The smallest absolute Gasteiger partial charge is 0.119 e. The van der Waals surface area contributed by atoms with Crippen LogP contribution in [0.3, 0.4) is 0 Å². The van der Waals surface area contributed by atoms with E-state index in [1.807, 2.05) is 26.0 Å². The lowest BCUT2D eigenvalue weighted by Gasteiger charge is -2.10. The van der Waals surface area contributed by atoms with Gasteiger partial charge in [-0.1, -0.05) is 12.1 Å². The maximum Gasteiger partial charge on any atom is 0.119 e. The number of rotatable bonds is 6. The second-order valence-electron chi connectivity index (χ2n) is 4.88. The second kappa shape index (κ2) is 5.35. The summed E-state index contributed by atoms with van der Waals surface area (Å²) in [5.74, 6) is 1.91. The molecule has 0 spiro atoms. The molecule has 0 heterocycles. The van der Waals surface area contributed by atoms with Crippen molar-refractivity contribution in [3.05, 3.63) is 29.8 Å². The summed E-state index contributed by atoms with van der Waals surface area (Å²) in [6, 6.07) is 8.37. The largest absolute Gasteiger partial charge is 0.491 e. The van der Waals surface area contributed by atoms with Crippen molar-refractivity contribution in [2.24, 2.45) is 5.92 Å². The SMILES string of the molecule is CC(C)Oc1ccc(CNCC2CC2)cc1. The molecule has 0 aliphatic heterocycles. The molecule has 1 aliphatic carbocycles. The van der Waals surface area contributed by atoms with E-state index in [4.69, 9.17) is 4.74 Å². The number of hydrogen-bond donors (Lipinski definition) is 1. The molecule has 1 aromatic rings. The summed E-state index contributed by atoms with van der Waals surface area (Å²) in [5, 5.41) is 3.48. The van der Waals surface area contributed by atoms with Crippen molar-refractivity contribution in [2.75, 3.05) is 6.54 Å². The van der Waals surface area contributed by atoms with Gasteiger partial charge in [-0.05, 0) is 56.8 Å². The van der Waals surface area contributed by atoms with Crippen molar-refractivity contribution in [3.63, 3.8) is 0 Å². The van der Waals surface area contributed by atoms with Gasteiger partial charge in [0, 0.05) is 6.54 Å². The molecule has 1 aromatic carbocycles. The molecule has 0 atom stereocenters. The van der Waals surface area contributed by atoms with E-state index in [-0.39, 0.29) is 6.10 Å². The van der Waals surface area contributed by atoms with Crippen molar-refractivity contribution in [1.82, 2.24) is 5.32 Å². The molecule has 0 saturated heterocycles. The zero-order valence-corrected chi connectivity index (χ0v) is 10.2. The van der Waals surface area contributed by atoms with Gasteiger partial charge in [-0.25, -0.2) is 0 Å². The Morgan fingerprint density at radius 2 is 1.94 bits per heavy atom. The van der Waals surface area contributed by atoms with E-state index in [0.29, 0.717) is 0 Å². The number of hydrogen-bond acceptors (Lipinski definition) is 2. The van der Waals surface area contributed by atoms with Crippen LogP contribution >= 0.6 is 0 Å². The molecule has 0 unspecified atom stereocenters. The van der Waals surface area contributed by atoms with Gasteiger partial charge in [0.2, 0.25) is 0 Å². The maximum absolute atomic E-state index is 5.60. The molecule has 2 rings (SSSR count). The highest BCUT2D eigenvalue weighted by Gasteiger charge is 2.19. The van der Waals surface area contributed by atoms with Gasteiger partial charge in [-0.2, -0.15) is 0 Å². The fraction of sp³-hybridized carbons (Fsp3) is 0.571. The molecule has 0 radical (unpaired) electrons. The van der Waals surface area contributed by atoms with Crippen LogP contribution in [0.25, 0.3) is 0 Å². The molecule has 1 fully saturated rings. The first kappa shape index (κ1) is 11.5. The average Bonchev–Trinajstić information content (AvgIpc) is 3.04. The molecule has 2 heteroatoms. The van der Waals surface area contributed by atoms with E-state index in [2.05, 4.69) is 17.4 Å². The Balaban J connectivity index is 1.76. The highest BCUT2D eigenvalue weighted by Crippen LogP contribution is 2.27. The Labute approximate surface area is 98.0 Å². The predicted octanol–water partition coefficient (Wildman–Crippen LogP) is 2.97. The molecule has 1 N–H and O–H groups in total. The van der Waals surface area contributed by atoms with Crippen LogP contribution in [-0.2, 0) is 6.54 Å². The summed E-state index contributed by atoms with van der Waals surface area (Å²) < 4.78 is 5.60. The summed E-state index contributed by atoms with van der Waals surface area (Å²) in [6.45, 7) is 6.24. The van der Waals surface area contributed by atoms with Crippen LogP contribution < -0.4 is 10.1 Å². The van der Waals surface area contributed by atoms with E-state index in [0.717, 1.165) is 18.2 Å². The van der Waals surface area contributed by atoms with E-state index in [1.165, 1.54) is 24.9 Å². The van der Waals surface area contributed by atoms with Crippen LogP contribution in [0.2, 0.25) is 0 Å². The Hall–Kier alpha value is -1.02. The quantitative estimate of drug-likeness (QED) is 0.794. The maximum atomic E-state index is 5.60. The monoisotopic (exact) mass is 219 g/mol. The Bertz CT molecular complexity index is 314. The molecule has 0 amide bonds. The third-order valence-electron chi connectivity index (χ3n) is 2.75. The third-order valence-corrected chi connectivity index (χ3v) is 2.75. The van der Waals surface area contributed by atoms with E-state index in [9.17, 15) is 0 Å². The van der Waals surface area contributed by atoms with Gasteiger partial charge in [-0.3, -0.25) is 0 Å². The van der Waals surface area contributed by atoms with Gasteiger partial charge in [0.05, 0.1) is 6.10 Å². The molecular formula is C14H21NO. The molecule has 88 valence electrons. The highest BCUT2D eigenvalue weighted by molar-refractivity contribution is 5.27. The standard InChI is InChI=1S/C14H21NO/c1-11(2)16-14-7-5-13(6-8-14)10-15-9-12-3-4-12/h5-8,11-12,15H,3-4,9-10H2,1-2H3. The summed E-state index contributed by atoms with van der Waals surface area (Å²) in [4.78, 5) is 0. The minimum absolute atomic E-state index is 0.249. The minimum atomic E-state index is 0.249. The summed E-state index contributed by atoms with van der Waals surface area (Å²) >= 11 is 0. The van der Waals surface area contributed by atoms with Gasteiger partial charge in [0.15, 0.2) is 0 Å². The van der Waals surface area contributed by atoms with Crippen LogP contribution in [0, 0.1) is 5.92 Å². The molecule has 1 saturated carbocycles. The van der Waals surface area contributed by atoms with E-state index in [1.54, 1.807) is 0 Å². The lowest BCUT2D eigenvalue weighted by Crippen LogP contribution is -2.16. The lowest BCUT2D eigenvalue weighted by atomic mass is 10.2. The zero-order chi connectivity index (χ0) is 11.4. The van der Waals surface area contributed by atoms with Crippen LogP contribution in [0.5, 0.6) is 5.75 Å². The first-order chi connectivity index (χ1) is 7.74. The Morgan fingerprint density at radius 3 is 2.50 bits per heavy atom. The topological polar surface area (TPSA) is 21.3 Å². The van der Waals surface area contributed by atoms with Crippen LogP contribution in [0.1, 0.15) is 32.3 Å². The minimum Gasteiger partial charge on any atom is -0.491 e. The first-order valence-corrected chi connectivity index (χ1v) is 6.20. The Kier molecular flexibility index (Phi) is 3.83. The summed E-state index contributed by atoms with van der Waals surface area (Å²) in [5.41, 5.74) is 1.33. The van der Waals surface area contributed by atoms with Gasteiger partial charge in [-0.15, -0.1) is 0 Å². The van der Waals surface area contributed by atoms with Crippen LogP contribution in [0.15, 0.2) is 24.3 Å². The molecular weight excluding hydrogens is 198 g/mol. The molecule has 16 heavy (non-hydrogen) atoms. The zero-order valence-electron chi connectivity index (χ0n) is 10.2. The number of benzene rings is 1. The highest BCUT2D eigenvalue weighted by atomic mass is 16.5. The van der Waals surface area contributed by atoms with E-state index >= 15 is 0 Å². The molecule has 0 aromatic heterocycles. The molecule has 2 nitrogen and oxygen atoms in total. The fourth-order valence-electron chi connectivity index (χ4n) is 1.70. The second-order valence-corrected chi connectivity index (χ2v) is 4.88. The summed E-state index contributed by atoms with van der Waals surface area (Å²) in [6.07, 6.45) is 3.07. The van der Waals surface area contributed by atoms with Crippen LogP contribution in [-0.4, -0.2) is 12.6 Å². The van der Waals surface area contributed by atoms with Crippen molar-refractivity contribution in [3.8, 4) is 5.75 Å². The fourth-order valence-corrected chi connectivity index (χ4v) is 1.70. The van der Waals surface area contributed by atoms with Crippen molar-refractivity contribution in [2.45, 2.75) is 39.3 Å². The first-order valence-electron chi connectivity index (χ1n) is 6.20. The number of nitrogens with one attached hydrogen (secondary N) is 1. The van der Waals surface area contributed by atoms with Gasteiger partial charge >= 0.3 is 0 Å². The van der Waals surface area contributed by atoms with Gasteiger partial charge in [0.1, 0.15) is 5.75 Å². The molecule has 0 bridgehead atoms. The average molecular weight is 219 g/mol. The van der Waals surface area contributed by atoms with E-state index < -0.39 is 0 Å².